The molecule has 2 heterocycles. The molecular weight excluding hydrogens is 326 g/mol. The Balaban J connectivity index is 1.88. The fourth-order valence-electron chi connectivity index (χ4n) is 2.40. The molecule has 0 aliphatic rings. The monoisotopic (exact) mass is 343 g/mol. The number of aromatic nitrogens is 1. The lowest BCUT2D eigenvalue weighted by atomic mass is 10.1. The van der Waals surface area contributed by atoms with Crippen molar-refractivity contribution in [1.29, 1.82) is 0 Å². The number of anilines is 1. The first-order valence-corrected chi connectivity index (χ1v) is 8.18. The van der Waals surface area contributed by atoms with E-state index in [4.69, 9.17) is 4.42 Å². The smallest absolute Gasteiger partial charge is 0.293 e. The molecule has 0 radical (unpaired) electrons. The van der Waals surface area contributed by atoms with Crippen LogP contribution in [0.4, 0.5) is 5.13 Å². The maximum Gasteiger partial charge on any atom is 0.293 e. The van der Waals surface area contributed by atoms with Gasteiger partial charge in [0, 0.05) is 25.0 Å². The molecule has 0 saturated heterocycles. The van der Waals surface area contributed by atoms with Crippen LogP contribution in [0.25, 0.3) is 11.0 Å². The maximum absolute atomic E-state index is 12.5. The predicted octanol–water partition coefficient (Wildman–Crippen LogP) is 3.46. The van der Waals surface area contributed by atoms with Crippen LogP contribution in [0.3, 0.4) is 0 Å². The number of para-hydroxylation sites is 1. The van der Waals surface area contributed by atoms with Crippen molar-refractivity contribution in [2.24, 2.45) is 0 Å². The summed E-state index contributed by atoms with van der Waals surface area (Å²) in [6.07, 6.45) is 0. The Morgan fingerprint density at radius 3 is 2.58 bits per heavy atom. The third-order valence-electron chi connectivity index (χ3n) is 3.67. The van der Waals surface area contributed by atoms with Crippen LogP contribution in [-0.2, 0) is 0 Å². The molecular formula is C17H17N3O3S. The summed E-state index contributed by atoms with van der Waals surface area (Å²) < 4.78 is 5.65. The van der Waals surface area contributed by atoms with Crippen LogP contribution >= 0.6 is 11.3 Å². The van der Waals surface area contributed by atoms with E-state index in [1.165, 1.54) is 4.90 Å². The first-order valence-electron chi connectivity index (χ1n) is 7.37. The molecule has 3 rings (SSSR count). The molecule has 3 aromatic rings. The number of thiazole rings is 1. The summed E-state index contributed by atoms with van der Waals surface area (Å²) in [6.45, 7) is 3.59. The minimum Gasteiger partial charge on any atom is -0.451 e. The van der Waals surface area contributed by atoms with Crippen LogP contribution in [-0.4, -0.2) is 35.8 Å². The topological polar surface area (TPSA) is 75.4 Å². The Morgan fingerprint density at radius 1 is 1.21 bits per heavy atom. The molecule has 0 spiro atoms. The summed E-state index contributed by atoms with van der Waals surface area (Å²) in [5, 5.41) is 4.00. The van der Waals surface area contributed by atoms with Gasteiger partial charge in [-0.3, -0.25) is 14.9 Å². The van der Waals surface area contributed by atoms with E-state index in [-0.39, 0.29) is 17.6 Å². The first kappa shape index (κ1) is 16.2. The summed E-state index contributed by atoms with van der Waals surface area (Å²) in [5.41, 5.74) is 2.04. The molecule has 2 amide bonds. The fourth-order valence-corrected chi connectivity index (χ4v) is 3.38. The minimum absolute atomic E-state index is 0.134. The highest BCUT2D eigenvalue weighted by Gasteiger charge is 2.21. The van der Waals surface area contributed by atoms with E-state index in [9.17, 15) is 9.59 Å². The van der Waals surface area contributed by atoms with Crippen molar-refractivity contribution in [2.75, 3.05) is 19.4 Å². The largest absolute Gasteiger partial charge is 0.451 e. The number of nitrogens with one attached hydrogen (secondary N) is 1. The number of benzene rings is 1. The fraction of sp³-hybridized carbons (Fsp3) is 0.235. The Bertz CT molecular complexity index is 940. The average molecular weight is 343 g/mol. The number of carbonyl (C=O) groups is 2. The maximum atomic E-state index is 12.5. The Kier molecular flexibility index (Phi) is 4.11. The number of hydrogen-bond acceptors (Lipinski definition) is 5. The van der Waals surface area contributed by atoms with Crippen molar-refractivity contribution in [3.63, 3.8) is 0 Å². The molecule has 1 N–H and O–H groups in total. The van der Waals surface area contributed by atoms with Crippen LogP contribution in [0.2, 0.25) is 0 Å². The van der Waals surface area contributed by atoms with Crippen molar-refractivity contribution in [3.8, 4) is 0 Å². The molecule has 6 nitrogen and oxygen atoms in total. The highest BCUT2D eigenvalue weighted by Crippen LogP contribution is 2.27. The van der Waals surface area contributed by atoms with Crippen molar-refractivity contribution in [3.05, 3.63) is 46.2 Å². The van der Waals surface area contributed by atoms with Gasteiger partial charge in [-0.25, -0.2) is 4.98 Å². The lowest BCUT2D eigenvalue weighted by Crippen LogP contribution is -2.21. The Hall–Kier alpha value is -2.67. The van der Waals surface area contributed by atoms with Gasteiger partial charge in [0.05, 0.1) is 5.69 Å². The van der Waals surface area contributed by atoms with E-state index in [1.807, 2.05) is 31.2 Å². The molecule has 2 aromatic heterocycles. The second kappa shape index (κ2) is 6.09. The van der Waals surface area contributed by atoms with Gasteiger partial charge in [-0.1, -0.05) is 29.5 Å². The Labute approximate surface area is 143 Å². The van der Waals surface area contributed by atoms with Gasteiger partial charge < -0.3 is 9.32 Å². The van der Waals surface area contributed by atoms with Gasteiger partial charge in [0.15, 0.2) is 10.9 Å². The van der Waals surface area contributed by atoms with Gasteiger partial charge in [0.2, 0.25) is 0 Å². The number of furan rings is 1. The zero-order chi connectivity index (χ0) is 17.4. The predicted molar refractivity (Wildman–Crippen MR) is 93.8 cm³/mol. The molecule has 24 heavy (non-hydrogen) atoms. The zero-order valence-corrected chi connectivity index (χ0v) is 14.7. The van der Waals surface area contributed by atoms with Gasteiger partial charge in [-0.15, -0.1) is 0 Å². The third-order valence-corrected chi connectivity index (χ3v) is 4.73. The summed E-state index contributed by atoms with van der Waals surface area (Å²) in [4.78, 5) is 30.8. The molecule has 1 aromatic carbocycles. The van der Waals surface area contributed by atoms with Crippen LogP contribution in [0, 0.1) is 13.8 Å². The zero-order valence-electron chi connectivity index (χ0n) is 13.8. The minimum atomic E-state index is -0.374. The van der Waals surface area contributed by atoms with Gasteiger partial charge in [0.25, 0.3) is 11.8 Å². The molecule has 0 atom stereocenters. The number of amides is 2. The highest BCUT2D eigenvalue weighted by molar-refractivity contribution is 7.17. The van der Waals surface area contributed by atoms with Crippen LogP contribution < -0.4 is 5.32 Å². The SMILES string of the molecule is Cc1nc(NC(=O)c2oc3ccccc3c2C)sc1C(=O)N(C)C. The van der Waals surface area contributed by atoms with Crippen molar-refractivity contribution in [2.45, 2.75) is 13.8 Å². The number of nitrogens with zero attached hydrogens (tertiary/aromatic N) is 2. The van der Waals surface area contributed by atoms with Gasteiger partial charge >= 0.3 is 0 Å². The van der Waals surface area contributed by atoms with E-state index in [1.54, 1.807) is 21.0 Å². The number of hydrogen-bond donors (Lipinski definition) is 1. The van der Waals surface area contributed by atoms with Gasteiger partial charge in [-0.2, -0.15) is 0 Å². The van der Waals surface area contributed by atoms with Gasteiger partial charge in [-0.05, 0) is 19.9 Å². The second-order valence-electron chi connectivity index (χ2n) is 5.64. The van der Waals surface area contributed by atoms with Crippen molar-refractivity contribution >= 4 is 39.3 Å². The molecule has 0 bridgehead atoms. The number of aryl methyl sites for hydroxylation is 2. The molecule has 0 aliphatic heterocycles. The number of carbonyl (C=O) groups excluding carboxylic acids is 2. The molecule has 124 valence electrons. The number of fused-ring (bicyclic) bond motifs is 1. The molecule has 7 heteroatoms. The van der Waals surface area contributed by atoms with Crippen molar-refractivity contribution in [1.82, 2.24) is 9.88 Å². The summed E-state index contributed by atoms with van der Waals surface area (Å²) in [5.74, 6) is -0.253. The van der Waals surface area contributed by atoms with Crippen LogP contribution in [0.5, 0.6) is 0 Å². The standard InChI is InChI=1S/C17H17N3O3S/c1-9-11-7-5-6-8-12(11)23-13(9)15(21)19-17-18-10(2)14(24-17)16(22)20(3)4/h5-8H,1-4H3,(H,18,19,21). The van der Waals surface area contributed by atoms with Crippen LogP contribution in [0.1, 0.15) is 31.5 Å². The summed E-state index contributed by atoms with van der Waals surface area (Å²) >= 11 is 1.16. The normalized spacial score (nSPS) is 10.8. The first-order chi connectivity index (χ1) is 11.4. The molecule has 0 saturated carbocycles. The Morgan fingerprint density at radius 2 is 1.92 bits per heavy atom. The highest BCUT2D eigenvalue weighted by atomic mass is 32.1. The van der Waals surface area contributed by atoms with E-state index < -0.39 is 0 Å². The van der Waals surface area contributed by atoms with E-state index in [0.29, 0.717) is 21.3 Å². The number of rotatable bonds is 3. The molecule has 0 fully saturated rings. The summed E-state index contributed by atoms with van der Waals surface area (Å²) in [6, 6.07) is 7.49. The lowest BCUT2D eigenvalue weighted by molar-refractivity contribution is 0.0831. The third kappa shape index (κ3) is 2.78. The lowest BCUT2D eigenvalue weighted by Gasteiger charge is -2.07. The van der Waals surface area contributed by atoms with Crippen molar-refractivity contribution < 1.29 is 14.0 Å². The summed E-state index contributed by atoms with van der Waals surface area (Å²) in [7, 11) is 3.36. The quantitative estimate of drug-likeness (QED) is 0.790. The van der Waals surface area contributed by atoms with Gasteiger partial charge in [0.1, 0.15) is 10.5 Å². The molecule has 0 aliphatic carbocycles. The molecule has 0 unspecified atom stereocenters. The van der Waals surface area contributed by atoms with E-state index in [0.717, 1.165) is 22.3 Å². The second-order valence-corrected chi connectivity index (χ2v) is 6.64. The van der Waals surface area contributed by atoms with E-state index >= 15 is 0 Å². The average Bonchev–Trinajstić information content (AvgIpc) is 3.07. The van der Waals surface area contributed by atoms with E-state index in [2.05, 4.69) is 10.3 Å². The van der Waals surface area contributed by atoms with Crippen LogP contribution in [0.15, 0.2) is 28.7 Å².